The van der Waals surface area contributed by atoms with Crippen LogP contribution in [0.5, 0.6) is 0 Å². The molecule has 0 aliphatic carbocycles. The third kappa shape index (κ3) is 7.04. The minimum absolute atomic E-state index is 0.0505. The third-order valence-electron chi connectivity index (χ3n) is 2.72. The summed E-state index contributed by atoms with van der Waals surface area (Å²) in [5.74, 6) is -0.292. The summed E-state index contributed by atoms with van der Waals surface area (Å²) in [5.41, 5.74) is 0.450. The highest BCUT2D eigenvalue weighted by Crippen LogP contribution is 2.29. The van der Waals surface area contributed by atoms with Crippen LogP contribution in [0.25, 0.3) is 0 Å². The van der Waals surface area contributed by atoms with Crippen LogP contribution in [0, 0.1) is 10.1 Å². The van der Waals surface area contributed by atoms with E-state index in [1.54, 1.807) is 0 Å². The number of non-ortho nitro benzene ring substituents is 1. The van der Waals surface area contributed by atoms with E-state index >= 15 is 0 Å². The van der Waals surface area contributed by atoms with Gasteiger partial charge in [0.25, 0.3) is 5.69 Å². The van der Waals surface area contributed by atoms with Gasteiger partial charge < -0.3 is 16.0 Å². The molecular weight excluding hydrogens is 399 g/mol. The van der Waals surface area contributed by atoms with Gasteiger partial charge in [0.2, 0.25) is 9.70 Å². The van der Waals surface area contributed by atoms with Crippen LogP contribution >= 0.6 is 47.0 Å². The van der Waals surface area contributed by atoms with E-state index in [1.807, 2.05) is 6.92 Å². The van der Waals surface area contributed by atoms with Crippen LogP contribution in [-0.2, 0) is 4.79 Å². The minimum Gasteiger partial charge on any atom is -0.339 e. The van der Waals surface area contributed by atoms with Gasteiger partial charge in [0.15, 0.2) is 5.11 Å². The average Bonchev–Trinajstić information content (AvgIpc) is 2.46. The topological polar surface area (TPSA) is 96.3 Å². The molecule has 0 radical (unpaired) electrons. The maximum Gasteiger partial charge on any atom is 0.269 e. The van der Waals surface area contributed by atoms with Crippen LogP contribution < -0.4 is 16.0 Å². The molecule has 0 saturated heterocycles. The Kier molecular flexibility index (Phi) is 7.95. The molecular formula is C13H15Cl3N4O3S. The smallest absolute Gasteiger partial charge is 0.269 e. The first-order valence-corrected chi connectivity index (χ1v) is 8.35. The number of thiocarbonyl (C=S) groups is 1. The van der Waals surface area contributed by atoms with Gasteiger partial charge in [0, 0.05) is 24.2 Å². The van der Waals surface area contributed by atoms with Gasteiger partial charge >= 0.3 is 0 Å². The van der Waals surface area contributed by atoms with Gasteiger partial charge in [-0.15, -0.1) is 0 Å². The van der Waals surface area contributed by atoms with Gasteiger partial charge in [-0.1, -0.05) is 41.7 Å². The van der Waals surface area contributed by atoms with Gasteiger partial charge in [-0.05, 0) is 30.8 Å². The molecule has 0 fully saturated rings. The quantitative estimate of drug-likeness (QED) is 0.217. The van der Waals surface area contributed by atoms with E-state index in [0.29, 0.717) is 12.1 Å². The van der Waals surface area contributed by atoms with Crippen LogP contribution in [-0.4, -0.2) is 25.9 Å². The number of nitrogens with zero attached hydrogens (tertiary/aromatic N) is 1. The summed E-state index contributed by atoms with van der Waals surface area (Å²) < 4.78 is -1.83. The molecule has 0 aliphatic rings. The van der Waals surface area contributed by atoms with Crippen LogP contribution in [0.2, 0.25) is 0 Å². The van der Waals surface area contributed by atoms with Crippen molar-refractivity contribution in [1.29, 1.82) is 0 Å². The van der Waals surface area contributed by atoms with Crippen LogP contribution in [0.3, 0.4) is 0 Å². The molecule has 0 aromatic heterocycles. The lowest BCUT2D eigenvalue weighted by Gasteiger charge is -2.27. The highest BCUT2D eigenvalue weighted by Gasteiger charge is 2.34. The standard InChI is InChI=1S/C13H15Cl3N4O3S/c1-2-3-10(21)18-11(13(14,15)16)19-12(24)17-8-4-6-9(7-5-8)20(22)23/h4-7,11H,2-3H2,1H3,(H,18,21)(H2,17,19,24)/t11-/m0/s1. The number of halogens is 3. The van der Waals surface area contributed by atoms with E-state index in [9.17, 15) is 14.9 Å². The summed E-state index contributed by atoms with van der Waals surface area (Å²) in [7, 11) is 0. The Bertz CT molecular complexity index is 607. The Morgan fingerprint density at radius 1 is 1.29 bits per heavy atom. The molecule has 7 nitrogen and oxygen atoms in total. The second-order valence-corrected chi connectivity index (χ2v) is 7.47. The van der Waals surface area contributed by atoms with Crippen molar-refractivity contribution in [3.05, 3.63) is 34.4 Å². The number of carbonyl (C=O) groups excluding carboxylic acids is 1. The molecule has 0 bridgehead atoms. The molecule has 24 heavy (non-hydrogen) atoms. The summed E-state index contributed by atoms with van der Waals surface area (Å²) in [6, 6.07) is 5.60. The summed E-state index contributed by atoms with van der Waals surface area (Å²) >= 11 is 22.6. The Hall–Kier alpha value is -1.35. The van der Waals surface area contributed by atoms with Crippen molar-refractivity contribution in [1.82, 2.24) is 10.6 Å². The summed E-state index contributed by atoms with van der Waals surface area (Å²) in [4.78, 5) is 21.8. The number of alkyl halides is 3. The monoisotopic (exact) mass is 412 g/mol. The molecule has 0 aliphatic heterocycles. The predicted molar refractivity (Wildman–Crippen MR) is 99.6 cm³/mol. The first-order chi connectivity index (χ1) is 11.1. The Morgan fingerprint density at radius 3 is 2.33 bits per heavy atom. The van der Waals surface area contributed by atoms with Crippen LogP contribution in [0.1, 0.15) is 19.8 Å². The Balaban J connectivity index is 2.70. The van der Waals surface area contributed by atoms with E-state index in [0.717, 1.165) is 0 Å². The fourth-order valence-corrected chi connectivity index (χ4v) is 2.19. The van der Waals surface area contributed by atoms with Crippen LogP contribution in [0.4, 0.5) is 11.4 Å². The van der Waals surface area contributed by atoms with Gasteiger partial charge in [0.05, 0.1) is 4.92 Å². The molecule has 11 heteroatoms. The van der Waals surface area contributed by atoms with Gasteiger partial charge in [-0.2, -0.15) is 0 Å². The first kappa shape index (κ1) is 20.7. The molecule has 3 N–H and O–H groups in total. The predicted octanol–water partition coefficient (Wildman–Crippen LogP) is 3.49. The highest BCUT2D eigenvalue weighted by atomic mass is 35.6. The number of anilines is 1. The second-order valence-electron chi connectivity index (χ2n) is 4.69. The Morgan fingerprint density at radius 2 is 1.88 bits per heavy atom. The zero-order chi connectivity index (χ0) is 18.3. The molecule has 1 atom stereocenters. The van der Waals surface area contributed by atoms with Crippen molar-refractivity contribution < 1.29 is 9.72 Å². The third-order valence-corrected chi connectivity index (χ3v) is 3.60. The van der Waals surface area contributed by atoms with Crippen molar-refractivity contribution >= 4 is 69.4 Å². The number of hydrogen-bond acceptors (Lipinski definition) is 4. The molecule has 132 valence electrons. The molecule has 0 unspecified atom stereocenters. The molecule has 1 aromatic rings. The summed E-state index contributed by atoms with van der Waals surface area (Å²) in [5, 5.41) is 18.7. The van der Waals surface area contributed by atoms with E-state index in [1.165, 1.54) is 24.3 Å². The van der Waals surface area contributed by atoms with Crippen LogP contribution in [0.15, 0.2) is 24.3 Å². The second kappa shape index (κ2) is 9.22. The number of nitro benzene ring substituents is 1. The number of benzene rings is 1. The molecule has 0 heterocycles. The maximum atomic E-state index is 11.7. The lowest BCUT2D eigenvalue weighted by Crippen LogP contribution is -2.56. The van der Waals surface area contributed by atoms with Gasteiger partial charge in [-0.25, -0.2) is 0 Å². The van der Waals surface area contributed by atoms with Crippen molar-refractivity contribution in [2.45, 2.75) is 29.7 Å². The van der Waals surface area contributed by atoms with E-state index in [2.05, 4.69) is 16.0 Å². The summed E-state index contributed by atoms with van der Waals surface area (Å²) in [6.07, 6.45) is -0.120. The largest absolute Gasteiger partial charge is 0.339 e. The zero-order valence-electron chi connectivity index (χ0n) is 12.5. The van der Waals surface area contributed by atoms with E-state index in [-0.39, 0.29) is 23.1 Å². The number of amides is 1. The van der Waals surface area contributed by atoms with E-state index in [4.69, 9.17) is 47.0 Å². The molecule has 0 saturated carbocycles. The number of rotatable bonds is 6. The van der Waals surface area contributed by atoms with Gasteiger partial charge in [0.1, 0.15) is 6.17 Å². The van der Waals surface area contributed by atoms with Crippen molar-refractivity contribution in [3.8, 4) is 0 Å². The zero-order valence-corrected chi connectivity index (χ0v) is 15.6. The number of carbonyl (C=O) groups is 1. The van der Waals surface area contributed by atoms with Crippen molar-refractivity contribution in [3.63, 3.8) is 0 Å². The fourth-order valence-electron chi connectivity index (χ4n) is 1.62. The fraction of sp³-hybridized carbons (Fsp3) is 0.385. The molecule has 0 spiro atoms. The van der Waals surface area contributed by atoms with Crippen molar-refractivity contribution in [2.75, 3.05) is 5.32 Å². The lowest BCUT2D eigenvalue weighted by molar-refractivity contribution is -0.384. The lowest BCUT2D eigenvalue weighted by atomic mass is 10.3. The maximum absolute atomic E-state index is 11.7. The molecule has 1 rings (SSSR count). The summed E-state index contributed by atoms with van der Waals surface area (Å²) in [6.45, 7) is 1.85. The molecule has 1 aromatic carbocycles. The number of hydrogen-bond donors (Lipinski definition) is 3. The minimum atomic E-state index is -1.83. The molecule has 1 amide bonds. The number of nitro groups is 1. The van der Waals surface area contributed by atoms with Crippen molar-refractivity contribution in [2.24, 2.45) is 0 Å². The van der Waals surface area contributed by atoms with Gasteiger partial charge in [-0.3, -0.25) is 14.9 Å². The first-order valence-electron chi connectivity index (χ1n) is 6.81. The normalized spacial score (nSPS) is 12.2. The number of nitrogens with one attached hydrogen (secondary N) is 3. The Labute approximate surface area is 159 Å². The SMILES string of the molecule is CCCC(=O)N[C@@H](NC(=S)Nc1ccc([N+](=O)[O-])cc1)C(Cl)(Cl)Cl. The highest BCUT2D eigenvalue weighted by molar-refractivity contribution is 7.80. The average molecular weight is 414 g/mol. The van der Waals surface area contributed by atoms with E-state index < -0.39 is 14.9 Å².